The van der Waals surface area contributed by atoms with Gasteiger partial charge in [-0.1, -0.05) is 5.16 Å². The van der Waals surface area contributed by atoms with Crippen molar-refractivity contribution in [3.63, 3.8) is 0 Å². The van der Waals surface area contributed by atoms with Gasteiger partial charge < -0.3 is 14.7 Å². The molecule has 2 aliphatic heterocycles. The summed E-state index contributed by atoms with van der Waals surface area (Å²) in [4.78, 5) is 4.80. The number of benzene rings is 1. The number of likely N-dealkylation sites (N-methyl/N-ethyl adjacent to an activating group) is 1. The smallest absolute Gasteiger partial charge is 0.180 e. The van der Waals surface area contributed by atoms with E-state index in [1.165, 1.54) is 25.0 Å². The van der Waals surface area contributed by atoms with Crippen molar-refractivity contribution in [1.29, 1.82) is 0 Å². The Morgan fingerprint density at radius 3 is 3.05 bits per heavy atom. The van der Waals surface area contributed by atoms with Gasteiger partial charge >= 0.3 is 0 Å². The maximum absolute atomic E-state index is 13.5. The van der Waals surface area contributed by atoms with Gasteiger partial charge in [0.2, 0.25) is 0 Å². The third kappa shape index (κ3) is 2.36. The predicted molar refractivity (Wildman–Crippen MR) is 83.6 cm³/mol. The van der Waals surface area contributed by atoms with Crippen LogP contribution in [0.1, 0.15) is 12.8 Å². The molecular weight excluding hydrogens is 283 g/mol. The lowest BCUT2D eigenvalue weighted by Crippen LogP contribution is -2.59. The first kappa shape index (κ1) is 14.0. The van der Waals surface area contributed by atoms with Crippen LogP contribution in [0, 0.1) is 5.82 Å². The van der Waals surface area contributed by atoms with E-state index in [0.29, 0.717) is 17.7 Å². The Hall–Kier alpha value is -1.66. The molecule has 6 heteroatoms. The standard InChI is InChI=1S/C16H21FN4O/c1-18-12-3-4-13-10-21(7-6-20(13)9-12)16-14-8-11(17)2-5-15(14)22-19-16/h2,5,8,12-13,18H,3-4,6-7,9-10H2,1H3/t12-,13-/m1/s1. The number of aromatic nitrogens is 1. The van der Waals surface area contributed by atoms with E-state index in [1.54, 1.807) is 6.07 Å². The zero-order valence-corrected chi connectivity index (χ0v) is 12.8. The van der Waals surface area contributed by atoms with Crippen LogP contribution in [0.4, 0.5) is 10.2 Å². The molecule has 0 aliphatic carbocycles. The van der Waals surface area contributed by atoms with Crippen molar-refractivity contribution in [3.05, 3.63) is 24.0 Å². The fourth-order valence-corrected chi connectivity index (χ4v) is 3.73. The van der Waals surface area contributed by atoms with Crippen molar-refractivity contribution in [3.8, 4) is 0 Å². The van der Waals surface area contributed by atoms with Gasteiger partial charge in [-0.2, -0.15) is 0 Å². The molecule has 1 N–H and O–H groups in total. The fraction of sp³-hybridized carbons (Fsp3) is 0.562. The quantitative estimate of drug-likeness (QED) is 0.917. The number of nitrogens with one attached hydrogen (secondary N) is 1. The van der Waals surface area contributed by atoms with Crippen LogP contribution >= 0.6 is 0 Å². The fourth-order valence-electron chi connectivity index (χ4n) is 3.73. The minimum absolute atomic E-state index is 0.245. The molecule has 3 heterocycles. The second-order valence-electron chi connectivity index (χ2n) is 6.30. The Labute approximate surface area is 129 Å². The number of rotatable bonds is 2. The number of piperidine rings is 1. The van der Waals surface area contributed by atoms with Gasteiger partial charge in [-0.3, -0.25) is 4.90 Å². The predicted octanol–water partition coefficient (Wildman–Crippen LogP) is 1.84. The van der Waals surface area contributed by atoms with Crippen molar-refractivity contribution in [2.24, 2.45) is 0 Å². The average Bonchev–Trinajstić information content (AvgIpc) is 2.96. The van der Waals surface area contributed by atoms with Gasteiger partial charge in [0.05, 0.1) is 5.39 Å². The van der Waals surface area contributed by atoms with Crippen LogP contribution in [-0.4, -0.2) is 55.4 Å². The van der Waals surface area contributed by atoms with Crippen molar-refractivity contribution in [2.45, 2.75) is 24.9 Å². The maximum atomic E-state index is 13.5. The van der Waals surface area contributed by atoms with Gasteiger partial charge in [0.15, 0.2) is 11.4 Å². The lowest BCUT2D eigenvalue weighted by molar-refractivity contribution is 0.111. The largest absolute Gasteiger partial charge is 0.354 e. The lowest BCUT2D eigenvalue weighted by Gasteiger charge is -2.46. The van der Waals surface area contributed by atoms with Crippen LogP contribution in [0.5, 0.6) is 0 Å². The van der Waals surface area contributed by atoms with E-state index in [2.05, 4.69) is 20.3 Å². The summed E-state index contributed by atoms with van der Waals surface area (Å²) in [5, 5.41) is 8.34. The van der Waals surface area contributed by atoms with E-state index in [9.17, 15) is 4.39 Å². The second-order valence-corrected chi connectivity index (χ2v) is 6.30. The molecule has 0 radical (unpaired) electrons. The number of hydrogen-bond acceptors (Lipinski definition) is 5. The monoisotopic (exact) mass is 304 g/mol. The van der Waals surface area contributed by atoms with Crippen molar-refractivity contribution < 1.29 is 8.91 Å². The van der Waals surface area contributed by atoms with Gasteiger partial charge in [0, 0.05) is 38.3 Å². The number of fused-ring (bicyclic) bond motifs is 2. The number of piperazine rings is 1. The van der Waals surface area contributed by atoms with Crippen LogP contribution in [0.2, 0.25) is 0 Å². The van der Waals surface area contributed by atoms with Crippen molar-refractivity contribution >= 4 is 16.8 Å². The van der Waals surface area contributed by atoms with Gasteiger partial charge in [-0.25, -0.2) is 4.39 Å². The zero-order chi connectivity index (χ0) is 15.1. The van der Waals surface area contributed by atoms with Gasteiger partial charge in [-0.05, 0) is 38.1 Å². The first-order chi connectivity index (χ1) is 10.7. The highest BCUT2D eigenvalue weighted by Gasteiger charge is 2.33. The molecule has 4 rings (SSSR count). The van der Waals surface area contributed by atoms with E-state index in [-0.39, 0.29) is 5.82 Å². The normalized spacial score (nSPS) is 26.4. The number of nitrogens with zero attached hydrogens (tertiary/aromatic N) is 3. The number of halogens is 1. The second kappa shape index (κ2) is 5.52. The minimum atomic E-state index is -0.245. The van der Waals surface area contributed by atoms with E-state index < -0.39 is 0 Å². The van der Waals surface area contributed by atoms with Crippen LogP contribution in [0.25, 0.3) is 11.0 Å². The Morgan fingerprint density at radius 2 is 2.18 bits per heavy atom. The molecule has 0 amide bonds. The first-order valence-electron chi connectivity index (χ1n) is 7.96. The summed E-state index contributed by atoms with van der Waals surface area (Å²) in [6, 6.07) is 5.73. The summed E-state index contributed by atoms with van der Waals surface area (Å²) in [6.07, 6.45) is 2.39. The van der Waals surface area contributed by atoms with Crippen molar-refractivity contribution in [2.75, 3.05) is 38.1 Å². The molecule has 2 atom stereocenters. The molecule has 2 aromatic rings. The Morgan fingerprint density at radius 1 is 1.27 bits per heavy atom. The van der Waals surface area contributed by atoms with Gasteiger partial charge in [0.25, 0.3) is 0 Å². The third-order valence-electron chi connectivity index (χ3n) is 5.03. The van der Waals surface area contributed by atoms with Crippen LogP contribution in [-0.2, 0) is 0 Å². The minimum Gasteiger partial charge on any atom is -0.354 e. The van der Waals surface area contributed by atoms with E-state index in [4.69, 9.17) is 4.52 Å². The van der Waals surface area contributed by atoms with Crippen LogP contribution in [0.15, 0.2) is 22.7 Å². The molecule has 0 unspecified atom stereocenters. The molecular formula is C16H21FN4O. The lowest BCUT2D eigenvalue weighted by atomic mass is 9.96. The molecule has 0 spiro atoms. The molecule has 2 aliphatic rings. The van der Waals surface area contributed by atoms with E-state index in [1.807, 2.05) is 7.05 Å². The van der Waals surface area contributed by atoms with E-state index in [0.717, 1.165) is 37.4 Å². The van der Waals surface area contributed by atoms with Crippen molar-refractivity contribution in [1.82, 2.24) is 15.4 Å². The Balaban J connectivity index is 1.56. The zero-order valence-electron chi connectivity index (χ0n) is 12.8. The summed E-state index contributed by atoms with van der Waals surface area (Å²) in [5.41, 5.74) is 0.651. The summed E-state index contributed by atoms with van der Waals surface area (Å²) < 4.78 is 18.9. The Kier molecular flexibility index (Phi) is 3.50. The summed E-state index contributed by atoms with van der Waals surface area (Å²) in [5.74, 6) is 0.537. The summed E-state index contributed by atoms with van der Waals surface area (Å²) >= 11 is 0. The van der Waals surface area contributed by atoms with Gasteiger partial charge in [-0.15, -0.1) is 0 Å². The molecule has 1 aromatic carbocycles. The highest BCUT2D eigenvalue weighted by molar-refractivity contribution is 5.88. The highest BCUT2D eigenvalue weighted by Crippen LogP contribution is 2.30. The first-order valence-corrected chi connectivity index (χ1v) is 7.96. The third-order valence-corrected chi connectivity index (χ3v) is 5.03. The summed E-state index contributed by atoms with van der Waals surface area (Å²) in [6.45, 7) is 3.98. The van der Waals surface area contributed by atoms with E-state index >= 15 is 0 Å². The summed E-state index contributed by atoms with van der Waals surface area (Å²) in [7, 11) is 2.04. The average molecular weight is 304 g/mol. The molecule has 0 bridgehead atoms. The molecule has 2 fully saturated rings. The molecule has 118 valence electrons. The maximum Gasteiger partial charge on any atom is 0.180 e. The molecule has 5 nitrogen and oxygen atoms in total. The molecule has 0 saturated carbocycles. The molecule has 1 aromatic heterocycles. The SMILES string of the molecule is CN[C@@H]1CC[C@@H]2CN(c3noc4ccc(F)cc34)CCN2C1. The molecule has 2 saturated heterocycles. The topological polar surface area (TPSA) is 44.5 Å². The number of hydrogen-bond donors (Lipinski definition) is 1. The van der Waals surface area contributed by atoms with Crippen LogP contribution < -0.4 is 10.2 Å². The molecule has 22 heavy (non-hydrogen) atoms. The van der Waals surface area contributed by atoms with Crippen LogP contribution in [0.3, 0.4) is 0 Å². The number of anilines is 1. The highest BCUT2D eigenvalue weighted by atomic mass is 19.1. The Bertz CT molecular complexity index is 673. The van der Waals surface area contributed by atoms with Gasteiger partial charge in [0.1, 0.15) is 5.82 Å².